The van der Waals surface area contributed by atoms with E-state index in [2.05, 4.69) is 47.9 Å². The van der Waals surface area contributed by atoms with Gasteiger partial charge in [0.2, 0.25) is 0 Å². The molecule has 1 rings (SSSR count). The van der Waals surface area contributed by atoms with Gasteiger partial charge >= 0.3 is 0 Å². The van der Waals surface area contributed by atoms with Crippen molar-refractivity contribution in [2.24, 2.45) is 4.99 Å². The Morgan fingerprint density at radius 2 is 2.00 bits per heavy atom. The third-order valence-electron chi connectivity index (χ3n) is 4.37. The second-order valence-electron chi connectivity index (χ2n) is 6.47. The number of hydrogen-bond acceptors (Lipinski definition) is 4. The minimum atomic E-state index is -0.397. The standard InChI is InChI=1S/C20H33N5O2/c1-5-14-21-20(23-17(4)9-8-15-24(6-2)7-3)22-16-18-10-12-19(13-11-18)25(26)27/h5,10-13,17H,1,6-9,14-16H2,2-4H3,(H2,21,22,23). The number of nitrogens with one attached hydrogen (secondary N) is 2. The largest absolute Gasteiger partial charge is 0.354 e. The number of hydrogen-bond donors (Lipinski definition) is 2. The lowest BCUT2D eigenvalue weighted by molar-refractivity contribution is -0.384. The van der Waals surface area contributed by atoms with Crippen molar-refractivity contribution in [2.45, 2.75) is 46.2 Å². The molecule has 0 fully saturated rings. The summed E-state index contributed by atoms with van der Waals surface area (Å²) in [4.78, 5) is 17.3. The topological polar surface area (TPSA) is 82.8 Å². The van der Waals surface area contributed by atoms with Crippen LogP contribution in [0.15, 0.2) is 41.9 Å². The van der Waals surface area contributed by atoms with Crippen molar-refractivity contribution in [1.82, 2.24) is 15.5 Å². The first-order valence-corrected chi connectivity index (χ1v) is 9.61. The van der Waals surface area contributed by atoms with Crippen LogP contribution >= 0.6 is 0 Å². The number of guanidine groups is 1. The normalized spacial score (nSPS) is 12.7. The summed E-state index contributed by atoms with van der Waals surface area (Å²) in [5.41, 5.74) is 1.02. The van der Waals surface area contributed by atoms with Crippen molar-refractivity contribution in [3.8, 4) is 0 Å². The lowest BCUT2D eigenvalue weighted by Gasteiger charge is -2.21. The lowest BCUT2D eigenvalue weighted by atomic mass is 10.2. The number of nitrogens with zero attached hydrogens (tertiary/aromatic N) is 3. The maximum Gasteiger partial charge on any atom is 0.269 e. The number of rotatable bonds is 12. The summed E-state index contributed by atoms with van der Waals surface area (Å²) in [5, 5.41) is 17.4. The van der Waals surface area contributed by atoms with Gasteiger partial charge < -0.3 is 15.5 Å². The summed E-state index contributed by atoms with van der Waals surface area (Å²) in [7, 11) is 0. The molecule has 0 aliphatic rings. The highest BCUT2D eigenvalue weighted by atomic mass is 16.6. The quantitative estimate of drug-likeness (QED) is 0.192. The molecule has 1 aromatic rings. The minimum absolute atomic E-state index is 0.0904. The van der Waals surface area contributed by atoms with Crippen LogP contribution in [0.25, 0.3) is 0 Å². The molecule has 0 saturated carbocycles. The summed E-state index contributed by atoms with van der Waals surface area (Å²) in [6.07, 6.45) is 3.98. The van der Waals surface area contributed by atoms with Gasteiger partial charge in [-0.25, -0.2) is 4.99 Å². The summed E-state index contributed by atoms with van der Waals surface area (Å²) in [6, 6.07) is 6.78. The molecule has 0 radical (unpaired) electrons. The first-order chi connectivity index (χ1) is 13.0. The second-order valence-corrected chi connectivity index (χ2v) is 6.47. The second kappa shape index (κ2) is 12.9. The van der Waals surface area contributed by atoms with Gasteiger partial charge in [0.1, 0.15) is 0 Å². The van der Waals surface area contributed by atoms with Gasteiger partial charge in [0.15, 0.2) is 5.96 Å². The molecule has 0 bridgehead atoms. The Morgan fingerprint density at radius 3 is 2.56 bits per heavy atom. The first-order valence-electron chi connectivity index (χ1n) is 9.61. The zero-order valence-corrected chi connectivity index (χ0v) is 16.8. The lowest BCUT2D eigenvalue weighted by Crippen LogP contribution is -2.42. The van der Waals surface area contributed by atoms with E-state index in [1.54, 1.807) is 18.2 Å². The van der Waals surface area contributed by atoms with Crippen LogP contribution in [-0.2, 0) is 6.54 Å². The smallest absolute Gasteiger partial charge is 0.269 e. The molecular weight excluding hydrogens is 342 g/mol. The van der Waals surface area contributed by atoms with E-state index in [1.807, 2.05) is 0 Å². The van der Waals surface area contributed by atoms with Crippen LogP contribution in [0.1, 0.15) is 39.2 Å². The maximum absolute atomic E-state index is 10.7. The summed E-state index contributed by atoms with van der Waals surface area (Å²) in [5.74, 6) is 0.726. The highest BCUT2D eigenvalue weighted by molar-refractivity contribution is 5.80. The van der Waals surface area contributed by atoms with Gasteiger partial charge in [0, 0.05) is 24.7 Å². The highest BCUT2D eigenvalue weighted by Gasteiger charge is 2.07. The molecule has 1 unspecified atom stereocenters. The van der Waals surface area contributed by atoms with Gasteiger partial charge in [-0.05, 0) is 45.0 Å². The number of nitro groups is 1. The molecular formula is C20H33N5O2. The van der Waals surface area contributed by atoms with Gasteiger partial charge in [0.05, 0.1) is 11.5 Å². The van der Waals surface area contributed by atoms with E-state index >= 15 is 0 Å². The molecule has 7 heteroatoms. The average molecular weight is 376 g/mol. The Labute approximate surface area is 162 Å². The molecule has 2 N–H and O–H groups in total. The molecule has 27 heavy (non-hydrogen) atoms. The van der Waals surface area contributed by atoms with Crippen LogP contribution in [0, 0.1) is 10.1 Å². The Bertz CT molecular complexity index is 597. The maximum atomic E-state index is 10.7. The molecule has 150 valence electrons. The number of aliphatic imine (C=N–C) groups is 1. The van der Waals surface area contributed by atoms with Crippen LogP contribution in [-0.4, -0.2) is 48.0 Å². The predicted octanol–water partition coefficient (Wildman–Crippen LogP) is 3.33. The number of non-ortho nitro benzene ring substituents is 1. The fourth-order valence-electron chi connectivity index (χ4n) is 2.68. The molecule has 1 aromatic carbocycles. The summed E-state index contributed by atoms with van der Waals surface area (Å²) >= 11 is 0. The van der Waals surface area contributed by atoms with Crippen LogP contribution in [0.2, 0.25) is 0 Å². The molecule has 0 heterocycles. The van der Waals surface area contributed by atoms with E-state index in [0.717, 1.165) is 44.0 Å². The zero-order chi connectivity index (χ0) is 20.1. The Morgan fingerprint density at radius 1 is 1.33 bits per heavy atom. The van der Waals surface area contributed by atoms with Gasteiger partial charge in [-0.1, -0.05) is 32.1 Å². The molecule has 0 aliphatic carbocycles. The summed E-state index contributed by atoms with van der Waals surface area (Å²) in [6.45, 7) is 14.6. The number of nitro benzene ring substituents is 1. The third kappa shape index (κ3) is 9.19. The van der Waals surface area contributed by atoms with Gasteiger partial charge in [0.25, 0.3) is 5.69 Å². The zero-order valence-electron chi connectivity index (χ0n) is 16.8. The van der Waals surface area contributed by atoms with E-state index in [1.165, 1.54) is 12.1 Å². The van der Waals surface area contributed by atoms with Crippen molar-refractivity contribution >= 4 is 11.6 Å². The highest BCUT2D eigenvalue weighted by Crippen LogP contribution is 2.12. The van der Waals surface area contributed by atoms with Crippen LogP contribution in [0.4, 0.5) is 5.69 Å². The fraction of sp³-hybridized carbons (Fsp3) is 0.550. The van der Waals surface area contributed by atoms with Crippen LogP contribution in [0.3, 0.4) is 0 Å². The fourth-order valence-corrected chi connectivity index (χ4v) is 2.68. The molecule has 7 nitrogen and oxygen atoms in total. The first kappa shape index (κ1) is 22.6. The average Bonchev–Trinajstić information content (AvgIpc) is 2.67. The molecule has 0 saturated heterocycles. The van der Waals surface area contributed by atoms with Crippen molar-refractivity contribution < 1.29 is 4.92 Å². The van der Waals surface area contributed by atoms with E-state index in [-0.39, 0.29) is 5.69 Å². The Kier molecular flexibility index (Phi) is 10.8. The molecule has 0 aromatic heterocycles. The van der Waals surface area contributed by atoms with E-state index < -0.39 is 4.92 Å². The molecule has 1 atom stereocenters. The summed E-state index contributed by atoms with van der Waals surface area (Å²) < 4.78 is 0. The van der Waals surface area contributed by atoms with Crippen molar-refractivity contribution in [3.63, 3.8) is 0 Å². The van der Waals surface area contributed by atoms with Crippen molar-refractivity contribution in [3.05, 3.63) is 52.6 Å². The van der Waals surface area contributed by atoms with Gasteiger partial charge in [-0.15, -0.1) is 6.58 Å². The predicted molar refractivity (Wildman–Crippen MR) is 112 cm³/mol. The van der Waals surface area contributed by atoms with Crippen LogP contribution in [0.5, 0.6) is 0 Å². The third-order valence-corrected chi connectivity index (χ3v) is 4.37. The monoisotopic (exact) mass is 375 g/mol. The minimum Gasteiger partial charge on any atom is -0.354 e. The molecule has 0 spiro atoms. The molecule has 0 amide bonds. The van der Waals surface area contributed by atoms with E-state index in [4.69, 9.17) is 0 Å². The van der Waals surface area contributed by atoms with E-state index in [0.29, 0.717) is 19.1 Å². The van der Waals surface area contributed by atoms with Gasteiger partial charge in [-0.2, -0.15) is 0 Å². The Balaban J connectivity index is 2.58. The van der Waals surface area contributed by atoms with Gasteiger partial charge in [-0.3, -0.25) is 10.1 Å². The van der Waals surface area contributed by atoms with Crippen molar-refractivity contribution in [2.75, 3.05) is 26.2 Å². The van der Waals surface area contributed by atoms with Crippen LogP contribution < -0.4 is 10.6 Å². The molecule has 0 aliphatic heterocycles. The Hall–Kier alpha value is -2.41. The number of benzene rings is 1. The SMILES string of the molecule is C=CCNC(=NCc1ccc([N+](=O)[O-])cc1)NC(C)CCCN(CC)CC. The van der Waals surface area contributed by atoms with E-state index in [9.17, 15) is 10.1 Å². The van der Waals surface area contributed by atoms with Crippen molar-refractivity contribution in [1.29, 1.82) is 0 Å².